The Hall–Kier alpha value is -3.84. The van der Waals surface area contributed by atoms with Crippen molar-refractivity contribution in [2.45, 2.75) is 25.3 Å². The molecule has 4 aromatic rings. The Kier molecular flexibility index (Phi) is 4.01. The smallest absolute Gasteiger partial charge is 0.0630 e. The van der Waals surface area contributed by atoms with Crippen molar-refractivity contribution in [1.29, 1.82) is 0 Å². The molecule has 0 fully saturated rings. The summed E-state index contributed by atoms with van der Waals surface area (Å²) >= 11 is 0. The van der Waals surface area contributed by atoms with Crippen molar-refractivity contribution in [3.05, 3.63) is 137 Å². The highest BCUT2D eigenvalue weighted by Gasteiger charge is 2.38. The molecule has 0 radical (unpaired) electrons. The van der Waals surface area contributed by atoms with Gasteiger partial charge in [-0.05, 0) is 76.6 Å². The highest BCUT2D eigenvalue weighted by atomic mass is 15.2. The monoisotopic (exact) mass is 423 g/mol. The van der Waals surface area contributed by atoms with Gasteiger partial charge in [-0.1, -0.05) is 90.5 Å². The van der Waals surface area contributed by atoms with Crippen LogP contribution in [0, 0.1) is 6.92 Å². The highest BCUT2D eigenvalue weighted by molar-refractivity contribution is 5.86. The molecule has 0 aromatic heterocycles. The quantitative estimate of drug-likeness (QED) is 0.280. The van der Waals surface area contributed by atoms with Crippen molar-refractivity contribution < 1.29 is 0 Å². The lowest BCUT2D eigenvalue weighted by atomic mass is 9.85. The molecule has 33 heavy (non-hydrogen) atoms. The van der Waals surface area contributed by atoms with Gasteiger partial charge in [-0.2, -0.15) is 0 Å². The first-order chi connectivity index (χ1) is 16.3. The minimum absolute atomic E-state index is 0.311. The summed E-state index contributed by atoms with van der Waals surface area (Å²) < 4.78 is 0. The summed E-state index contributed by atoms with van der Waals surface area (Å²) in [7, 11) is 0. The molecule has 1 nitrogen and oxygen atoms in total. The predicted molar refractivity (Wildman–Crippen MR) is 138 cm³/mol. The number of hydrogen-bond acceptors (Lipinski definition) is 1. The number of benzene rings is 4. The Morgan fingerprint density at radius 2 is 1.52 bits per heavy atom. The van der Waals surface area contributed by atoms with Crippen LogP contribution in [0.1, 0.15) is 33.7 Å². The van der Waals surface area contributed by atoms with E-state index in [0.29, 0.717) is 12.0 Å². The summed E-state index contributed by atoms with van der Waals surface area (Å²) in [6, 6.07) is 33.9. The molecule has 0 saturated heterocycles. The van der Waals surface area contributed by atoms with Gasteiger partial charge in [0, 0.05) is 17.3 Å². The van der Waals surface area contributed by atoms with E-state index < -0.39 is 0 Å². The summed E-state index contributed by atoms with van der Waals surface area (Å²) in [6.07, 6.45) is 8.26. The third kappa shape index (κ3) is 2.85. The molecule has 7 rings (SSSR count). The van der Waals surface area contributed by atoms with Crippen LogP contribution >= 0.6 is 0 Å². The largest absolute Gasteiger partial charge is 0.333 e. The van der Waals surface area contributed by atoms with Crippen LogP contribution in [0.15, 0.2) is 109 Å². The third-order valence-electron chi connectivity index (χ3n) is 7.47. The van der Waals surface area contributed by atoms with Gasteiger partial charge in [-0.3, -0.25) is 0 Å². The summed E-state index contributed by atoms with van der Waals surface area (Å²) in [6.45, 7) is 2.19. The van der Waals surface area contributed by atoms with Gasteiger partial charge >= 0.3 is 0 Å². The van der Waals surface area contributed by atoms with Crippen molar-refractivity contribution in [2.75, 3.05) is 4.90 Å². The van der Waals surface area contributed by atoms with E-state index in [4.69, 9.17) is 0 Å². The molecule has 3 aliphatic rings. The summed E-state index contributed by atoms with van der Waals surface area (Å²) in [5, 5.41) is 0. The normalized spacial score (nSPS) is 19.5. The molecule has 0 bridgehead atoms. The highest BCUT2D eigenvalue weighted by Crippen LogP contribution is 2.49. The second-order valence-electron chi connectivity index (χ2n) is 9.47. The van der Waals surface area contributed by atoms with Crippen LogP contribution in [-0.2, 0) is 6.42 Å². The molecule has 2 atom stereocenters. The fraction of sp³-hybridized carbons (Fsp3) is 0.125. The lowest BCUT2D eigenvalue weighted by Crippen LogP contribution is -2.28. The van der Waals surface area contributed by atoms with Crippen LogP contribution < -0.4 is 4.90 Å². The maximum Gasteiger partial charge on any atom is 0.0630 e. The zero-order valence-corrected chi connectivity index (χ0v) is 18.7. The van der Waals surface area contributed by atoms with Crippen LogP contribution in [0.4, 0.5) is 11.4 Å². The number of para-hydroxylation sites is 2. The summed E-state index contributed by atoms with van der Waals surface area (Å²) in [5.41, 5.74) is 13.7. The Bertz CT molecular complexity index is 1460. The lowest BCUT2D eigenvalue weighted by Gasteiger charge is -2.29. The number of anilines is 2. The maximum atomic E-state index is 2.49. The van der Waals surface area contributed by atoms with Crippen LogP contribution in [0.3, 0.4) is 0 Å². The third-order valence-corrected chi connectivity index (χ3v) is 7.47. The van der Waals surface area contributed by atoms with E-state index in [1.54, 1.807) is 0 Å². The van der Waals surface area contributed by atoms with Gasteiger partial charge < -0.3 is 4.90 Å². The van der Waals surface area contributed by atoms with Crippen molar-refractivity contribution >= 4 is 16.9 Å². The zero-order chi connectivity index (χ0) is 21.9. The number of hydrogen-bond donors (Lipinski definition) is 0. The molecule has 158 valence electrons. The Balaban J connectivity index is 1.31. The van der Waals surface area contributed by atoms with Crippen LogP contribution in [0.25, 0.3) is 16.7 Å². The summed E-state index contributed by atoms with van der Waals surface area (Å²) in [4.78, 5) is 2.49. The predicted octanol–water partition coefficient (Wildman–Crippen LogP) is 7.82. The fourth-order valence-electron chi connectivity index (χ4n) is 5.89. The minimum atomic E-state index is 0.311. The van der Waals surface area contributed by atoms with Crippen molar-refractivity contribution in [3.63, 3.8) is 0 Å². The first kappa shape index (κ1) is 18.7. The lowest BCUT2D eigenvalue weighted by molar-refractivity contribution is 0.747. The van der Waals surface area contributed by atoms with E-state index in [9.17, 15) is 0 Å². The number of nitrogens with zero attached hydrogens (tertiary/aromatic N) is 1. The van der Waals surface area contributed by atoms with E-state index in [1.165, 1.54) is 55.9 Å². The van der Waals surface area contributed by atoms with E-state index >= 15 is 0 Å². The number of fused-ring (bicyclic) bond motifs is 6. The molecule has 0 saturated carbocycles. The van der Waals surface area contributed by atoms with Crippen molar-refractivity contribution in [3.8, 4) is 11.1 Å². The molecule has 2 aliphatic carbocycles. The average molecular weight is 424 g/mol. The SMILES string of the molecule is Cc1ccc2c(c1)-c1cc(C3=CC4c5ccccc5N(c5ccccc5)C4C=C3)ccc1C2. The van der Waals surface area contributed by atoms with Gasteiger partial charge in [0.05, 0.1) is 6.04 Å². The zero-order valence-electron chi connectivity index (χ0n) is 18.7. The van der Waals surface area contributed by atoms with Crippen molar-refractivity contribution in [2.24, 2.45) is 0 Å². The topological polar surface area (TPSA) is 3.24 Å². The second kappa shape index (κ2) is 7.08. The molecular weight excluding hydrogens is 398 g/mol. The van der Waals surface area contributed by atoms with Crippen LogP contribution in [0.5, 0.6) is 0 Å². The van der Waals surface area contributed by atoms with E-state index in [-0.39, 0.29) is 0 Å². The molecule has 1 heteroatoms. The molecule has 4 aromatic carbocycles. The number of allylic oxidation sites excluding steroid dienone is 2. The number of aryl methyl sites for hydroxylation is 1. The maximum absolute atomic E-state index is 2.49. The van der Waals surface area contributed by atoms with Gasteiger partial charge in [-0.25, -0.2) is 0 Å². The Morgan fingerprint density at radius 3 is 2.39 bits per heavy atom. The molecule has 0 spiro atoms. The van der Waals surface area contributed by atoms with Crippen molar-refractivity contribution in [1.82, 2.24) is 0 Å². The first-order valence-corrected chi connectivity index (χ1v) is 11.8. The number of rotatable bonds is 2. The van der Waals surface area contributed by atoms with E-state index in [2.05, 4.69) is 121 Å². The molecule has 0 N–H and O–H groups in total. The standard InChI is InChI=1S/C32H25N/c1-21-11-12-24-18-25-14-13-22(19-29(25)28(24)17-21)23-15-16-32-30(20-23)27-9-5-6-10-31(27)33(32)26-7-3-2-4-8-26/h2-17,19-20,30,32H,18H2,1H3. The minimum Gasteiger partial charge on any atom is -0.333 e. The Labute approximate surface area is 195 Å². The van der Waals surface area contributed by atoms with Gasteiger partial charge in [0.15, 0.2) is 0 Å². The van der Waals surface area contributed by atoms with E-state index in [0.717, 1.165) is 6.42 Å². The van der Waals surface area contributed by atoms with Crippen LogP contribution in [-0.4, -0.2) is 6.04 Å². The second-order valence-corrected chi connectivity index (χ2v) is 9.47. The van der Waals surface area contributed by atoms with E-state index in [1.807, 2.05) is 0 Å². The summed E-state index contributed by atoms with van der Waals surface area (Å²) in [5.74, 6) is 0.351. The van der Waals surface area contributed by atoms with Gasteiger partial charge in [0.2, 0.25) is 0 Å². The molecule has 1 aliphatic heterocycles. The molecule has 1 heterocycles. The first-order valence-electron chi connectivity index (χ1n) is 11.8. The molecule has 2 unspecified atom stereocenters. The van der Waals surface area contributed by atoms with Gasteiger partial charge in [0.25, 0.3) is 0 Å². The molecular formula is C32H25N. The Morgan fingerprint density at radius 1 is 0.758 bits per heavy atom. The van der Waals surface area contributed by atoms with Gasteiger partial charge in [0.1, 0.15) is 0 Å². The molecule has 0 amide bonds. The fourth-order valence-corrected chi connectivity index (χ4v) is 5.89. The average Bonchev–Trinajstić information content (AvgIpc) is 3.39. The van der Waals surface area contributed by atoms with Gasteiger partial charge in [-0.15, -0.1) is 0 Å². The van der Waals surface area contributed by atoms with Crippen LogP contribution in [0.2, 0.25) is 0 Å².